The highest BCUT2D eigenvalue weighted by Crippen LogP contribution is 2.55. The fraction of sp³-hybridized carbons (Fsp3) is 0.516. The van der Waals surface area contributed by atoms with Gasteiger partial charge in [0.05, 0.1) is 29.7 Å². The molecule has 0 spiro atoms. The SMILES string of the molecule is CCCCC(CC)C1(CC)c2c(cccc2C(F)(F)F)C(=O)N1c1cccc(C2([C@@H](F)c3nncn3C)COC2)c1. The number of fused-ring (bicyclic) bond motifs is 1. The number of benzene rings is 2. The molecule has 220 valence electrons. The summed E-state index contributed by atoms with van der Waals surface area (Å²) in [6.45, 7) is 6.08. The second-order valence-electron chi connectivity index (χ2n) is 11.3. The lowest BCUT2D eigenvalue weighted by Gasteiger charge is -2.47. The molecule has 0 bridgehead atoms. The molecule has 1 fully saturated rings. The van der Waals surface area contributed by atoms with Crippen molar-refractivity contribution in [2.45, 2.75) is 76.2 Å². The number of unbranched alkanes of at least 4 members (excludes halogenated alkanes) is 1. The predicted octanol–water partition coefficient (Wildman–Crippen LogP) is 7.29. The van der Waals surface area contributed by atoms with Crippen LogP contribution in [0.5, 0.6) is 0 Å². The first-order chi connectivity index (χ1) is 19.6. The molecule has 0 saturated carbocycles. The van der Waals surface area contributed by atoms with Crippen molar-refractivity contribution >= 4 is 11.6 Å². The van der Waals surface area contributed by atoms with E-state index in [-0.39, 0.29) is 36.1 Å². The number of carbonyl (C=O) groups excluding carboxylic acids is 1. The van der Waals surface area contributed by atoms with Gasteiger partial charge in [0.1, 0.15) is 6.33 Å². The van der Waals surface area contributed by atoms with Gasteiger partial charge in [-0.05, 0) is 48.6 Å². The number of hydrogen-bond acceptors (Lipinski definition) is 4. The first-order valence-electron chi connectivity index (χ1n) is 14.3. The van der Waals surface area contributed by atoms with Crippen molar-refractivity contribution in [3.8, 4) is 0 Å². The number of hydrogen-bond donors (Lipinski definition) is 0. The van der Waals surface area contributed by atoms with Gasteiger partial charge in [0, 0.05) is 23.9 Å². The molecular formula is C31H36F4N4O2. The van der Waals surface area contributed by atoms with E-state index in [1.165, 1.54) is 23.0 Å². The Kier molecular flexibility index (Phi) is 7.74. The van der Waals surface area contributed by atoms with Crippen LogP contribution in [0.1, 0.15) is 91.9 Å². The smallest absolute Gasteiger partial charge is 0.379 e. The lowest BCUT2D eigenvalue weighted by molar-refractivity contribution is -0.139. The third-order valence-electron chi connectivity index (χ3n) is 9.11. The monoisotopic (exact) mass is 572 g/mol. The average molecular weight is 573 g/mol. The quantitative estimate of drug-likeness (QED) is 0.239. The van der Waals surface area contributed by atoms with Gasteiger partial charge in [0.25, 0.3) is 5.91 Å². The number of carbonyl (C=O) groups is 1. The molecule has 6 nitrogen and oxygen atoms in total. The number of anilines is 1. The van der Waals surface area contributed by atoms with Gasteiger partial charge in [-0.15, -0.1) is 10.2 Å². The molecule has 2 unspecified atom stereocenters. The van der Waals surface area contributed by atoms with Gasteiger partial charge in [0.15, 0.2) is 12.0 Å². The van der Waals surface area contributed by atoms with Crippen LogP contribution in [-0.4, -0.2) is 33.9 Å². The van der Waals surface area contributed by atoms with Crippen molar-refractivity contribution in [1.29, 1.82) is 0 Å². The number of amides is 1. The molecule has 0 radical (unpaired) electrons. The topological polar surface area (TPSA) is 60.2 Å². The van der Waals surface area contributed by atoms with E-state index in [1.807, 2.05) is 20.8 Å². The van der Waals surface area contributed by atoms with E-state index in [1.54, 1.807) is 36.2 Å². The Morgan fingerprint density at radius 1 is 1.10 bits per heavy atom. The van der Waals surface area contributed by atoms with Gasteiger partial charge < -0.3 is 9.30 Å². The van der Waals surface area contributed by atoms with Crippen LogP contribution < -0.4 is 4.90 Å². The number of ether oxygens (including phenoxy) is 1. The van der Waals surface area contributed by atoms with E-state index < -0.39 is 34.8 Å². The molecule has 3 aromatic rings. The number of nitrogens with zero attached hydrogens (tertiary/aromatic N) is 4. The fourth-order valence-electron chi connectivity index (χ4n) is 6.94. The van der Waals surface area contributed by atoms with Gasteiger partial charge >= 0.3 is 6.18 Å². The maximum absolute atomic E-state index is 16.1. The van der Waals surface area contributed by atoms with Crippen LogP contribution in [0.25, 0.3) is 0 Å². The van der Waals surface area contributed by atoms with Crippen molar-refractivity contribution in [2.75, 3.05) is 18.1 Å². The van der Waals surface area contributed by atoms with Crippen molar-refractivity contribution in [1.82, 2.24) is 14.8 Å². The Morgan fingerprint density at radius 3 is 2.39 bits per heavy atom. The average Bonchev–Trinajstić information content (AvgIpc) is 3.47. The molecule has 2 aliphatic rings. The van der Waals surface area contributed by atoms with Crippen LogP contribution in [0.4, 0.5) is 23.2 Å². The summed E-state index contributed by atoms with van der Waals surface area (Å²) in [6, 6.07) is 10.9. The van der Waals surface area contributed by atoms with Gasteiger partial charge in [0.2, 0.25) is 0 Å². The summed E-state index contributed by atoms with van der Waals surface area (Å²) in [5.74, 6) is -0.533. The van der Waals surface area contributed by atoms with Gasteiger partial charge in [-0.3, -0.25) is 9.69 Å². The number of aromatic nitrogens is 3. The third-order valence-corrected chi connectivity index (χ3v) is 9.11. The fourth-order valence-corrected chi connectivity index (χ4v) is 6.94. The lowest BCUT2D eigenvalue weighted by atomic mass is 9.70. The normalized spacial score (nSPS) is 21.5. The summed E-state index contributed by atoms with van der Waals surface area (Å²) < 4.78 is 66.7. The molecule has 5 rings (SSSR count). The maximum Gasteiger partial charge on any atom is 0.416 e. The Morgan fingerprint density at radius 2 is 1.83 bits per heavy atom. The first kappa shape index (κ1) is 29.2. The molecule has 1 amide bonds. The molecule has 1 saturated heterocycles. The molecule has 2 aromatic carbocycles. The molecule has 0 N–H and O–H groups in total. The van der Waals surface area contributed by atoms with E-state index in [2.05, 4.69) is 10.2 Å². The Labute approximate surface area is 237 Å². The summed E-state index contributed by atoms with van der Waals surface area (Å²) in [5.41, 5.74) is -1.88. The Hall–Kier alpha value is -3.27. The molecular weight excluding hydrogens is 536 g/mol. The number of aryl methyl sites for hydroxylation is 1. The van der Waals surface area contributed by atoms with Crippen LogP contribution in [0.15, 0.2) is 48.8 Å². The van der Waals surface area contributed by atoms with Crippen molar-refractivity contribution in [3.05, 3.63) is 76.9 Å². The van der Waals surface area contributed by atoms with Gasteiger partial charge in [-0.25, -0.2) is 4.39 Å². The molecule has 2 aliphatic heterocycles. The first-order valence-corrected chi connectivity index (χ1v) is 14.3. The minimum Gasteiger partial charge on any atom is -0.379 e. The van der Waals surface area contributed by atoms with Crippen LogP contribution in [0.3, 0.4) is 0 Å². The van der Waals surface area contributed by atoms with E-state index in [4.69, 9.17) is 4.74 Å². The van der Waals surface area contributed by atoms with E-state index >= 15 is 4.39 Å². The second-order valence-corrected chi connectivity index (χ2v) is 11.3. The standard InChI is InChI=1S/C31H36F4N4O2/c1-5-8-11-20(6-2)30(7-3)25-23(14-10-15-24(25)31(33,34)35)28(40)39(30)22-13-9-12-21(16-22)29(17-41-18-29)26(32)27-37-36-19-38(27)4/h9-10,12-16,19-20,26H,5-8,11,17-18H2,1-4H3/t20?,26-,30?/m0/s1. The molecule has 3 heterocycles. The number of alkyl halides is 4. The third kappa shape index (κ3) is 4.45. The maximum atomic E-state index is 16.1. The minimum absolute atomic E-state index is 0.0532. The van der Waals surface area contributed by atoms with Crippen molar-refractivity contribution < 1.29 is 27.1 Å². The highest BCUT2D eigenvalue weighted by Gasteiger charge is 2.57. The molecule has 0 aliphatic carbocycles. The predicted molar refractivity (Wildman–Crippen MR) is 147 cm³/mol. The zero-order valence-corrected chi connectivity index (χ0v) is 23.8. The van der Waals surface area contributed by atoms with Crippen LogP contribution in [0, 0.1) is 5.92 Å². The van der Waals surface area contributed by atoms with Crippen molar-refractivity contribution in [3.63, 3.8) is 0 Å². The van der Waals surface area contributed by atoms with Gasteiger partial charge in [-0.1, -0.05) is 58.2 Å². The molecule has 1 aromatic heterocycles. The number of rotatable bonds is 10. The lowest BCUT2D eigenvalue weighted by Crippen LogP contribution is -2.51. The van der Waals surface area contributed by atoms with E-state index in [0.29, 0.717) is 30.5 Å². The molecule has 41 heavy (non-hydrogen) atoms. The zero-order chi connectivity index (χ0) is 29.6. The van der Waals surface area contributed by atoms with Crippen LogP contribution in [0.2, 0.25) is 0 Å². The Balaban J connectivity index is 1.70. The summed E-state index contributed by atoms with van der Waals surface area (Å²) >= 11 is 0. The summed E-state index contributed by atoms with van der Waals surface area (Å²) in [4.78, 5) is 15.8. The number of halogens is 4. The Bertz CT molecular complexity index is 1420. The van der Waals surface area contributed by atoms with Crippen molar-refractivity contribution in [2.24, 2.45) is 13.0 Å². The summed E-state index contributed by atoms with van der Waals surface area (Å²) in [7, 11) is 1.67. The van der Waals surface area contributed by atoms with Crippen LogP contribution in [-0.2, 0) is 28.9 Å². The second kappa shape index (κ2) is 10.9. The van der Waals surface area contributed by atoms with Crippen LogP contribution >= 0.6 is 0 Å². The zero-order valence-electron chi connectivity index (χ0n) is 23.8. The summed E-state index contributed by atoms with van der Waals surface area (Å²) in [5, 5.41) is 7.79. The minimum atomic E-state index is -4.63. The van der Waals surface area contributed by atoms with E-state index in [0.717, 1.165) is 18.9 Å². The highest BCUT2D eigenvalue weighted by atomic mass is 19.4. The summed E-state index contributed by atoms with van der Waals surface area (Å²) in [6.07, 6.45) is -1.45. The largest absolute Gasteiger partial charge is 0.416 e. The van der Waals surface area contributed by atoms with E-state index in [9.17, 15) is 18.0 Å². The highest BCUT2D eigenvalue weighted by molar-refractivity contribution is 6.12. The van der Waals surface area contributed by atoms with Gasteiger partial charge in [-0.2, -0.15) is 13.2 Å². The molecule has 10 heteroatoms. The molecule has 3 atom stereocenters.